The molecule has 0 saturated heterocycles. The van der Waals surface area contributed by atoms with E-state index in [0.717, 1.165) is 11.3 Å². The van der Waals surface area contributed by atoms with Crippen LogP contribution in [0.3, 0.4) is 0 Å². The molecule has 0 aliphatic carbocycles. The summed E-state index contributed by atoms with van der Waals surface area (Å²) in [5.74, 6) is -0.494. The van der Waals surface area contributed by atoms with Crippen molar-refractivity contribution in [1.82, 2.24) is 9.55 Å². The lowest BCUT2D eigenvalue weighted by molar-refractivity contribution is 0.629. The van der Waals surface area contributed by atoms with Crippen LogP contribution in [-0.4, -0.2) is 9.55 Å². The number of fused-ring (bicyclic) bond motifs is 1. The second-order valence-electron chi connectivity index (χ2n) is 4.45. The van der Waals surface area contributed by atoms with E-state index in [1.807, 2.05) is 19.1 Å². The van der Waals surface area contributed by atoms with Crippen molar-refractivity contribution in [2.24, 2.45) is 0 Å². The summed E-state index contributed by atoms with van der Waals surface area (Å²) in [6, 6.07) is 8.43. The van der Waals surface area contributed by atoms with Crippen molar-refractivity contribution in [2.75, 3.05) is 0 Å². The van der Waals surface area contributed by atoms with Crippen molar-refractivity contribution in [2.45, 2.75) is 6.92 Å². The zero-order valence-electron chi connectivity index (χ0n) is 10.4. The second-order valence-corrected chi connectivity index (χ2v) is 5.66. The van der Waals surface area contributed by atoms with Crippen molar-refractivity contribution < 1.29 is 4.39 Å². The molecule has 0 bridgehead atoms. The van der Waals surface area contributed by atoms with E-state index >= 15 is 0 Å². The number of halogens is 3. The Morgan fingerprint density at radius 3 is 2.65 bits per heavy atom. The molecule has 1 heterocycles. The van der Waals surface area contributed by atoms with E-state index in [1.165, 1.54) is 12.1 Å². The van der Waals surface area contributed by atoms with E-state index in [4.69, 9.17) is 35.4 Å². The molecule has 0 spiro atoms. The number of aromatic amines is 1. The number of rotatable bonds is 1. The third-order valence-electron chi connectivity index (χ3n) is 3.14. The summed E-state index contributed by atoms with van der Waals surface area (Å²) in [5, 5.41) is 0.606. The summed E-state index contributed by atoms with van der Waals surface area (Å²) in [4.78, 5) is 3.02. The van der Waals surface area contributed by atoms with Crippen molar-refractivity contribution >= 4 is 46.5 Å². The summed E-state index contributed by atoms with van der Waals surface area (Å²) >= 11 is 17.4. The molecular formula is C14H9Cl2FN2S. The minimum atomic E-state index is -0.494. The van der Waals surface area contributed by atoms with Gasteiger partial charge in [0.25, 0.3) is 0 Å². The highest BCUT2D eigenvalue weighted by molar-refractivity contribution is 7.71. The number of benzene rings is 2. The predicted octanol–water partition coefficient (Wildman–Crippen LogP) is 5.44. The van der Waals surface area contributed by atoms with Gasteiger partial charge in [-0.2, -0.15) is 0 Å². The molecular weight excluding hydrogens is 318 g/mol. The molecule has 1 N–H and O–H groups in total. The molecule has 2 aromatic carbocycles. The lowest BCUT2D eigenvalue weighted by Crippen LogP contribution is -1.98. The molecule has 0 saturated carbocycles. The number of para-hydroxylation sites is 1. The van der Waals surface area contributed by atoms with Crippen LogP contribution >= 0.6 is 35.4 Å². The molecule has 6 heteroatoms. The smallest absolute Gasteiger partial charge is 0.182 e. The first-order valence-electron chi connectivity index (χ1n) is 5.84. The number of hydrogen-bond acceptors (Lipinski definition) is 1. The zero-order valence-corrected chi connectivity index (χ0v) is 12.7. The molecule has 0 aliphatic rings. The monoisotopic (exact) mass is 326 g/mol. The van der Waals surface area contributed by atoms with E-state index in [1.54, 1.807) is 10.6 Å². The Morgan fingerprint density at radius 1 is 1.20 bits per heavy atom. The maximum absolute atomic E-state index is 13.7. The van der Waals surface area contributed by atoms with Crippen molar-refractivity contribution in [3.8, 4) is 5.69 Å². The lowest BCUT2D eigenvalue weighted by atomic mass is 10.2. The molecule has 0 unspecified atom stereocenters. The Morgan fingerprint density at radius 2 is 1.95 bits per heavy atom. The predicted molar refractivity (Wildman–Crippen MR) is 83.2 cm³/mol. The van der Waals surface area contributed by atoms with E-state index < -0.39 is 5.82 Å². The van der Waals surface area contributed by atoms with E-state index in [2.05, 4.69) is 4.98 Å². The summed E-state index contributed by atoms with van der Waals surface area (Å²) in [6.45, 7) is 1.92. The van der Waals surface area contributed by atoms with E-state index in [9.17, 15) is 4.39 Å². The Bertz CT molecular complexity index is 862. The van der Waals surface area contributed by atoms with Crippen LogP contribution in [0.15, 0.2) is 30.3 Å². The molecule has 2 nitrogen and oxygen atoms in total. The molecule has 3 rings (SSSR count). The molecule has 0 aliphatic heterocycles. The number of nitrogens with one attached hydrogen (secondary N) is 1. The first-order chi connectivity index (χ1) is 9.49. The number of hydrogen-bond donors (Lipinski definition) is 1. The topological polar surface area (TPSA) is 20.7 Å². The van der Waals surface area contributed by atoms with Gasteiger partial charge in [-0.3, -0.25) is 4.57 Å². The van der Waals surface area contributed by atoms with Gasteiger partial charge in [0.15, 0.2) is 4.77 Å². The fraction of sp³-hybridized carbons (Fsp3) is 0.0714. The van der Waals surface area contributed by atoms with Crippen LogP contribution in [0.5, 0.6) is 0 Å². The third kappa shape index (κ3) is 2.04. The average Bonchev–Trinajstić information content (AvgIpc) is 2.67. The third-order valence-corrected chi connectivity index (χ3v) is 4.02. The minimum Gasteiger partial charge on any atom is -0.330 e. The van der Waals surface area contributed by atoms with Crippen molar-refractivity contribution in [1.29, 1.82) is 0 Å². The Labute approximate surface area is 129 Å². The fourth-order valence-corrected chi connectivity index (χ4v) is 3.00. The number of aromatic nitrogens is 2. The fourth-order valence-electron chi connectivity index (χ4n) is 2.23. The van der Waals surface area contributed by atoms with Crippen molar-refractivity contribution in [3.63, 3.8) is 0 Å². The molecule has 0 atom stereocenters. The van der Waals surface area contributed by atoms with E-state index in [-0.39, 0.29) is 5.02 Å². The number of imidazole rings is 1. The van der Waals surface area contributed by atoms with Gasteiger partial charge in [-0.15, -0.1) is 0 Å². The molecule has 0 fully saturated rings. The van der Waals surface area contributed by atoms with Gasteiger partial charge in [0.2, 0.25) is 0 Å². The Balaban J connectivity index is 2.46. The van der Waals surface area contributed by atoms with Gasteiger partial charge in [0, 0.05) is 6.07 Å². The summed E-state index contributed by atoms with van der Waals surface area (Å²) in [5.41, 5.74) is 2.96. The van der Waals surface area contributed by atoms with Gasteiger partial charge in [-0.05, 0) is 36.8 Å². The average molecular weight is 327 g/mol. The normalized spacial score (nSPS) is 11.2. The first kappa shape index (κ1) is 13.6. The Hall–Kier alpha value is -1.36. The number of H-pyrrole nitrogens is 1. The number of nitrogens with zero attached hydrogens (tertiary/aromatic N) is 1. The highest BCUT2D eigenvalue weighted by Crippen LogP contribution is 2.30. The largest absolute Gasteiger partial charge is 0.330 e. The lowest BCUT2D eigenvalue weighted by Gasteiger charge is -2.10. The van der Waals surface area contributed by atoms with Crippen LogP contribution in [0.1, 0.15) is 5.56 Å². The van der Waals surface area contributed by atoms with Crippen molar-refractivity contribution in [3.05, 3.63) is 56.5 Å². The highest BCUT2D eigenvalue weighted by Gasteiger charge is 2.14. The molecule has 102 valence electrons. The maximum atomic E-state index is 13.7. The van der Waals surface area contributed by atoms with Crippen LogP contribution in [0.25, 0.3) is 16.7 Å². The molecule has 0 radical (unpaired) electrons. The maximum Gasteiger partial charge on any atom is 0.182 e. The summed E-state index contributed by atoms with van der Waals surface area (Å²) < 4.78 is 15.9. The first-order valence-corrected chi connectivity index (χ1v) is 7.00. The van der Waals surface area contributed by atoms with Crippen LogP contribution in [0, 0.1) is 17.5 Å². The van der Waals surface area contributed by atoms with Crippen LogP contribution in [-0.2, 0) is 0 Å². The second kappa shape index (κ2) is 4.88. The van der Waals surface area contributed by atoms with Gasteiger partial charge < -0.3 is 4.98 Å². The molecule has 0 amide bonds. The van der Waals surface area contributed by atoms with Gasteiger partial charge >= 0.3 is 0 Å². The van der Waals surface area contributed by atoms with Crippen LogP contribution in [0.2, 0.25) is 10.0 Å². The SMILES string of the molecule is Cc1cccc(Cl)c1-n1c(=S)[nH]c2cc(Cl)c(F)cc21. The molecule has 3 aromatic rings. The summed E-state index contributed by atoms with van der Waals surface area (Å²) in [7, 11) is 0. The molecule has 20 heavy (non-hydrogen) atoms. The van der Waals surface area contributed by atoms with Gasteiger partial charge in [0.05, 0.1) is 26.8 Å². The number of aryl methyl sites for hydroxylation is 1. The summed E-state index contributed by atoms with van der Waals surface area (Å²) in [6.07, 6.45) is 0. The van der Waals surface area contributed by atoms with Crippen LogP contribution < -0.4 is 0 Å². The standard InChI is InChI=1S/C14H9Cl2FN2S/c1-7-3-2-4-8(15)13(7)19-12-6-10(17)9(16)5-11(12)18-14(19)20/h2-6H,1H3,(H,18,20). The molecule has 1 aromatic heterocycles. The van der Waals surface area contributed by atoms with Gasteiger partial charge in [-0.25, -0.2) is 4.39 Å². The minimum absolute atomic E-state index is 0.0526. The van der Waals surface area contributed by atoms with Crippen LogP contribution in [0.4, 0.5) is 4.39 Å². The van der Waals surface area contributed by atoms with E-state index in [0.29, 0.717) is 20.8 Å². The van der Waals surface area contributed by atoms with Gasteiger partial charge in [-0.1, -0.05) is 35.3 Å². The Kier molecular flexibility index (Phi) is 3.32. The zero-order chi connectivity index (χ0) is 14.4. The quantitative estimate of drug-likeness (QED) is 0.590. The highest BCUT2D eigenvalue weighted by atomic mass is 35.5. The van der Waals surface area contributed by atoms with Gasteiger partial charge in [0.1, 0.15) is 5.82 Å².